The van der Waals surface area contributed by atoms with Crippen molar-refractivity contribution in [2.75, 3.05) is 0 Å². The van der Waals surface area contributed by atoms with E-state index in [0.717, 1.165) is 37.0 Å². The minimum Gasteiger partial charge on any atom is -0.326 e. The number of hydrogen-bond donors (Lipinski definition) is 1. The highest BCUT2D eigenvalue weighted by Crippen LogP contribution is 2.58. The van der Waals surface area contributed by atoms with Crippen molar-refractivity contribution in [3.05, 3.63) is 0 Å². The van der Waals surface area contributed by atoms with Crippen molar-refractivity contribution in [3.63, 3.8) is 0 Å². The van der Waals surface area contributed by atoms with E-state index in [9.17, 15) is 4.57 Å². The van der Waals surface area contributed by atoms with Crippen molar-refractivity contribution in [3.8, 4) is 0 Å². The molecule has 3 nitrogen and oxygen atoms in total. The first-order valence-electron chi connectivity index (χ1n) is 5.57. The molecule has 0 aliphatic heterocycles. The van der Waals surface area contributed by atoms with Crippen LogP contribution in [0.2, 0.25) is 0 Å². The molecule has 0 heterocycles. The van der Waals surface area contributed by atoms with Crippen LogP contribution in [0.3, 0.4) is 0 Å². The zero-order valence-corrected chi connectivity index (χ0v) is 9.24. The smallest absolute Gasteiger partial charge is 0.317 e. The van der Waals surface area contributed by atoms with Gasteiger partial charge in [0.1, 0.15) is 0 Å². The lowest BCUT2D eigenvalue weighted by Gasteiger charge is -2.55. The van der Waals surface area contributed by atoms with Crippen molar-refractivity contribution in [2.45, 2.75) is 44.1 Å². The molecule has 4 aliphatic carbocycles. The van der Waals surface area contributed by atoms with Crippen LogP contribution in [-0.2, 0) is 9.09 Å². The van der Waals surface area contributed by atoms with Crippen LogP contribution in [0.15, 0.2) is 0 Å². The minimum atomic E-state index is -2.75. The van der Waals surface area contributed by atoms with Gasteiger partial charge in [0.05, 0.1) is 5.60 Å². The van der Waals surface area contributed by atoms with Gasteiger partial charge in [0, 0.05) is 0 Å². The molecule has 1 unspecified atom stereocenters. The molecule has 14 heavy (non-hydrogen) atoms. The van der Waals surface area contributed by atoms with Gasteiger partial charge in [-0.05, 0) is 56.3 Å². The summed E-state index contributed by atoms with van der Waals surface area (Å²) in [4.78, 5) is 8.94. The van der Waals surface area contributed by atoms with Gasteiger partial charge < -0.3 is 9.42 Å². The molecule has 4 bridgehead atoms. The van der Waals surface area contributed by atoms with Gasteiger partial charge in [0.2, 0.25) is 0 Å². The number of rotatable bonds is 2. The minimum absolute atomic E-state index is 0.195. The van der Waals surface area contributed by atoms with Gasteiger partial charge in [-0.2, -0.15) is 0 Å². The Hall–Kier alpha value is 0.150. The van der Waals surface area contributed by atoms with Gasteiger partial charge >= 0.3 is 8.25 Å². The first kappa shape index (κ1) is 9.38. The maximum Gasteiger partial charge on any atom is 0.317 e. The van der Waals surface area contributed by atoms with E-state index in [1.54, 1.807) is 0 Å². The summed E-state index contributed by atoms with van der Waals surface area (Å²) in [5.41, 5.74) is -0.195. The molecule has 0 aromatic rings. The van der Waals surface area contributed by atoms with Crippen LogP contribution in [0.25, 0.3) is 0 Å². The van der Waals surface area contributed by atoms with E-state index in [-0.39, 0.29) is 5.60 Å². The highest BCUT2D eigenvalue weighted by Gasteiger charge is 2.52. The summed E-state index contributed by atoms with van der Waals surface area (Å²) < 4.78 is 16.2. The van der Waals surface area contributed by atoms with E-state index in [1.807, 2.05) is 0 Å². The largest absolute Gasteiger partial charge is 0.326 e. The standard InChI is InChI=1S/C10H17O3P/c11-14(12)13-10-4-7-1-8(5-10)3-9(2-7)6-10/h7-9,14H,1-6H2,(H,11,12). The molecule has 4 rings (SSSR count). The SMILES string of the molecule is O=[PH](O)OC12CC3CC(CC(C3)C1)C2. The zero-order valence-electron chi connectivity index (χ0n) is 8.24. The Balaban J connectivity index is 1.83. The third kappa shape index (κ3) is 1.46. The topological polar surface area (TPSA) is 46.5 Å². The van der Waals surface area contributed by atoms with E-state index in [0.29, 0.717) is 0 Å². The Bertz CT molecular complexity index is 241. The van der Waals surface area contributed by atoms with Crippen molar-refractivity contribution in [1.82, 2.24) is 0 Å². The maximum absolute atomic E-state index is 10.8. The highest BCUT2D eigenvalue weighted by molar-refractivity contribution is 7.32. The third-order valence-electron chi connectivity index (χ3n) is 4.29. The molecule has 0 saturated heterocycles. The highest BCUT2D eigenvalue weighted by atomic mass is 31.1. The zero-order chi connectivity index (χ0) is 9.76. The summed E-state index contributed by atoms with van der Waals surface area (Å²) in [7, 11) is -2.75. The van der Waals surface area contributed by atoms with Crippen LogP contribution >= 0.6 is 8.25 Å². The third-order valence-corrected chi connectivity index (χ3v) is 4.89. The lowest BCUT2D eigenvalue weighted by atomic mass is 9.54. The normalized spacial score (nSPS) is 52.2. The average Bonchev–Trinajstić information content (AvgIpc) is 1.96. The molecule has 4 saturated carbocycles. The summed E-state index contributed by atoms with van der Waals surface area (Å²) >= 11 is 0. The van der Waals surface area contributed by atoms with Crippen molar-refractivity contribution in [1.29, 1.82) is 0 Å². The second kappa shape index (κ2) is 3.07. The molecule has 4 fully saturated rings. The lowest BCUT2D eigenvalue weighted by Crippen LogP contribution is -2.51. The Morgan fingerprint density at radius 3 is 1.86 bits per heavy atom. The van der Waals surface area contributed by atoms with Crippen LogP contribution in [0.5, 0.6) is 0 Å². The van der Waals surface area contributed by atoms with Crippen molar-refractivity contribution >= 4 is 8.25 Å². The Morgan fingerprint density at radius 2 is 1.50 bits per heavy atom. The molecule has 4 heteroatoms. The number of hydrogen-bond acceptors (Lipinski definition) is 2. The molecule has 80 valence electrons. The molecule has 1 N–H and O–H groups in total. The first-order chi connectivity index (χ1) is 6.65. The van der Waals surface area contributed by atoms with Crippen molar-refractivity contribution < 1.29 is 14.0 Å². The fourth-order valence-corrected chi connectivity index (χ4v) is 4.96. The van der Waals surface area contributed by atoms with Gasteiger partial charge in [-0.1, -0.05) is 0 Å². The van der Waals surface area contributed by atoms with Crippen LogP contribution in [0.4, 0.5) is 0 Å². The first-order valence-corrected chi connectivity index (χ1v) is 6.83. The molecule has 4 aliphatic rings. The molecule has 0 amide bonds. The van der Waals surface area contributed by atoms with Gasteiger partial charge in [-0.3, -0.25) is 4.57 Å². The van der Waals surface area contributed by atoms with Gasteiger partial charge in [-0.25, -0.2) is 0 Å². The molecule has 0 aromatic heterocycles. The molecular formula is C10H17O3P. The Labute approximate surface area is 84.8 Å². The van der Waals surface area contributed by atoms with E-state index in [2.05, 4.69) is 0 Å². The quantitative estimate of drug-likeness (QED) is 0.721. The van der Waals surface area contributed by atoms with E-state index in [4.69, 9.17) is 9.42 Å². The van der Waals surface area contributed by atoms with Gasteiger partial charge in [0.15, 0.2) is 0 Å². The maximum atomic E-state index is 10.8. The van der Waals surface area contributed by atoms with Gasteiger partial charge in [-0.15, -0.1) is 0 Å². The fraction of sp³-hybridized carbons (Fsp3) is 1.00. The van der Waals surface area contributed by atoms with E-state index < -0.39 is 8.25 Å². The molecular weight excluding hydrogens is 199 g/mol. The second-order valence-corrected chi connectivity index (χ2v) is 6.20. The molecule has 1 atom stereocenters. The summed E-state index contributed by atoms with van der Waals surface area (Å²) in [5.74, 6) is 2.34. The molecule has 0 radical (unpaired) electrons. The Kier molecular flexibility index (Phi) is 2.06. The summed E-state index contributed by atoms with van der Waals surface area (Å²) in [6.45, 7) is 0. The van der Waals surface area contributed by atoms with E-state index in [1.165, 1.54) is 19.3 Å². The summed E-state index contributed by atoms with van der Waals surface area (Å²) in [5, 5.41) is 0. The Morgan fingerprint density at radius 1 is 1.07 bits per heavy atom. The predicted octanol–water partition coefficient (Wildman–Crippen LogP) is 2.35. The van der Waals surface area contributed by atoms with Crippen molar-refractivity contribution in [2.24, 2.45) is 17.8 Å². The summed E-state index contributed by atoms with van der Waals surface area (Å²) in [6.07, 6.45) is 7.14. The monoisotopic (exact) mass is 216 g/mol. The fourth-order valence-electron chi connectivity index (χ4n) is 4.34. The van der Waals surface area contributed by atoms with Crippen LogP contribution in [0.1, 0.15) is 38.5 Å². The molecule has 0 aromatic carbocycles. The van der Waals surface area contributed by atoms with Crippen LogP contribution in [0, 0.1) is 17.8 Å². The average molecular weight is 216 g/mol. The van der Waals surface area contributed by atoms with Crippen LogP contribution in [-0.4, -0.2) is 10.5 Å². The van der Waals surface area contributed by atoms with Crippen LogP contribution < -0.4 is 0 Å². The van der Waals surface area contributed by atoms with E-state index >= 15 is 0 Å². The van der Waals surface area contributed by atoms with Gasteiger partial charge in [0.25, 0.3) is 0 Å². The summed E-state index contributed by atoms with van der Waals surface area (Å²) in [6, 6.07) is 0. The molecule has 0 spiro atoms. The predicted molar refractivity (Wildman–Crippen MR) is 53.2 cm³/mol. The second-order valence-electron chi connectivity index (χ2n) is 5.47. The lowest BCUT2D eigenvalue weighted by molar-refractivity contribution is -0.108.